The van der Waals surface area contributed by atoms with Crippen molar-refractivity contribution < 1.29 is 4.42 Å². The highest BCUT2D eigenvalue weighted by Crippen LogP contribution is 2.08. The van der Waals surface area contributed by atoms with Crippen molar-refractivity contribution in [3.05, 3.63) is 46.8 Å². The van der Waals surface area contributed by atoms with Crippen molar-refractivity contribution in [2.75, 3.05) is 0 Å². The number of hydrogen-bond donors (Lipinski definition) is 0. The molecule has 0 atom stereocenters. The summed E-state index contributed by atoms with van der Waals surface area (Å²) < 4.78 is 4.91. The zero-order chi connectivity index (χ0) is 7.68. The molecule has 0 unspecified atom stereocenters. The van der Waals surface area contributed by atoms with E-state index in [0.717, 1.165) is 5.39 Å². The summed E-state index contributed by atoms with van der Waals surface area (Å²) in [7, 11) is 0. The van der Waals surface area contributed by atoms with Gasteiger partial charge in [0.05, 0.1) is 0 Å². The average molecular weight is 157 g/mol. The molecule has 1 heterocycles. The van der Waals surface area contributed by atoms with Gasteiger partial charge < -0.3 is 4.42 Å². The first-order valence-corrected chi connectivity index (χ1v) is 3.35. The number of rotatable bonds is 0. The van der Waals surface area contributed by atoms with Crippen LogP contribution in [0.4, 0.5) is 0 Å². The monoisotopic (exact) mass is 157 g/mol. The molecule has 57 valence electrons. The molecule has 2 rings (SSSR count). The first-order valence-electron chi connectivity index (χ1n) is 3.35. The zero-order valence-corrected chi connectivity index (χ0v) is 6.36. The van der Waals surface area contributed by atoms with Crippen LogP contribution in [0.1, 0.15) is 0 Å². The average Bonchev–Trinajstić information content (AvgIpc) is 2.04. The van der Waals surface area contributed by atoms with Crippen LogP contribution in [0, 0.1) is 0 Å². The van der Waals surface area contributed by atoms with E-state index in [4.69, 9.17) is 4.42 Å². The largest absolute Gasteiger partial charge is 0.423 e. The molecule has 0 bridgehead atoms. The lowest BCUT2D eigenvalue weighted by Crippen LogP contribution is -1.93. The van der Waals surface area contributed by atoms with Gasteiger partial charge >= 0.3 is 5.63 Å². The number of hydrogen-bond acceptors (Lipinski definition) is 2. The smallest absolute Gasteiger partial charge is 0.336 e. The zero-order valence-electron chi connectivity index (χ0n) is 6.36. The molecule has 2 aromatic rings. The van der Waals surface area contributed by atoms with Gasteiger partial charge in [-0.1, -0.05) is 18.2 Å². The van der Waals surface area contributed by atoms with E-state index >= 15 is 0 Å². The van der Waals surface area contributed by atoms with Gasteiger partial charge in [-0.25, -0.2) is 4.79 Å². The summed E-state index contributed by atoms with van der Waals surface area (Å²) in [6, 6.07) is 10.6. The van der Waals surface area contributed by atoms with E-state index in [1.807, 2.05) is 18.2 Å². The Morgan fingerprint density at radius 3 is 2.58 bits per heavy atom. The molecule has 0 saturated heterocycles. The van der Waals surface area contributed by atoms with Gasteiger partial charge in [-0.05, 0) is 12.1 Å². The minimum absolute atomic E-state index is 0. The second-order valence-corrected chi connectivity index (χ2v) is 2.29. The Hall–Kier alpha value is -1.51. The fourth-order valence-corrected chi connectivity index (χ4v) is 1.01. The van der Waals surface area contributed by atoms with Crippen LogP contribution < -0.4 is 5.63 Å². The molecular formula is C9H6BO2. The highest BCUT2D eigenvalue weighted by atomic mass is 16.4. The Morgan fingerprint density at radius 2 is 1.75 bits per heavy atom. The summed E-state index contributed by atoms with van der Waals surface area (Å²) >= 11 is 0. The van der Waals surface area contributed by atoms with Gasteiger partial charge in [0.2, 0.25) is 0 Å². The number of benzene rings is 1. The molecule has 0 aliphatic rings. The second kappa shape index (κ2) is 3.26. The summed E-state index contributed by atoms with van der Waals surface area (Å²) in [5.41, 5.74) is 0.337. The lowest BCUT2D eigenvalue weighted by molar-refractivity contribution is 0.561. The molecular weight excluding hydrogens is 151 g/mol. The minimum Gasteiger partial charge on any atom is -0.423 e. The molecule has 2 nitrogen and oxygen atoms in total. The van der Waals surface area contributed by atoms with Crippen LogP contribution in [0.15, 0.2) is 45.6 Å². The third kappa shape index (κ3) is 1.40. The predicted octanol–water partition coefficient (Wildman–Crippen LogP) is 1.41. The van der Waals surface area contributed by atoms with Gasteiger partial charge in [0, 0.05) is 19.9 Å². The third-order valence-corrected chi connectivity index (χ3v) is 1.53. The van der Waals surface area contributed by atoms with Crippen molar-refractivity contribution in [3.63, 3.8) is 0 Å². The van der Waals surface area contributed by atoms with Crippen LogP contribution in [-0.4, -0.2) is 8.41 Å². The highest BCUT2D eigenvalue weighted by molar-refractivity contribution is 5.76. The Balaban J connectivity index is 0.000000720. The summed E-state index contributed by atoms with van der Waals surface area (Å²) in [4.78, 5) is 10.7. The normalized spacial score (nSPS) is 9.33. The predicted molar refractivity (Wildman–Crippen MR) is 48.2 cm³/mol. The Kier molecular flexibility index (Phi) is 2.33. The first kappa shape index (κ1) is 8.59. The molecule has 0 saturated carbocycles. The van der Waals surface area contributed by atoms with Crippen LogP contribution in [0.5, 0.6) is 0 Å². The molecule has 12 heavy (non-hydrogen) atoms. The highest BCUT2D eigenvalue weighted by Gasteiger charge is 1.92. The van der Waals surface area contributed by atoms with E-state index in [1.165, 1.54) is 6.07 Å². The molecule has 0 fully saturated rings. The molecule has 0 aliphatic carbocycles. The first-order chi connectivity index (χ1) is 5.36. The van der Waals surface area contributed by atoms with Gasteiger partial charge in [0.15, 0.2) is 0 Å². The Bertz CT molecular complexity index is 433. The SMILES string of the molecule is O=c1ccc2ccccc2o1.[B]. The third-order valence-electron chi connectivity index (χ3n) is 1.53. The van der Waals surface area contributed by atoms with E-state index in [-0.39, 0.29) is 14.0 Å². The van der Waals surface area contributed by atoms with Gasteiger partial charge in [-0.15, -0.1) is 0 Å². The quantitative estimate of drug-likeness (QED) is 0.427. The van der Waals surface area contributed by atoms with Crippen molar-refractivity contribution in [1.82, 2.24) is 0 Å². The summed E-state index contributed by atoms with van der Waals surface area (Å²) in [5, 5.41) is 0.951. The van der Waals surface area contributed by atoms with Crippen LogP contribution >= 0.6 is 0 Å². The van der Waals surface area contributed by atoms with Crippen LogP contribution in [0.2, 0.25) is 0 Å². The van der Waals surface area contributed by atoms with Crippen molar-refractivity contribution >= 4 is 19.4 Å². The minimum atomic E-state index is -0.302. The van der Waals surface area contributed by atoms with Crippen molar-refractivity contribution in [3.8, 4) is 0 Å². The fraction of sp³-hybridized carbons (Fsp3) is 0. The second-order valence-electron chi connectivity index (χ2n) is 2.29. The van der Waals surface area contributed by atoms with Crippen LogP contribution in [0.25, 0.3) is 11.0 Å². The Labute approximate surface area is 71.4 Å². The molecule has 1 aromatic heterocycles. The number of para-hydroxylation sites is 1. The van der Waals surface area contributed by atoms with Gasteiger partial charge in [-0.3, -0.25) is 0 Å². The lowest BCUT2D eigenvalue weighted by Gasteiger charge is -1.91. The standard InChI is InChI=1S/C9H6O2.B/c10-9-6-5-7-3-1-2-4-8(7)11-9;/h1-6H;. The molecule has 3 radical (unpaired) electrons. The van der Waals surface area contributed by atoms with Gasteiger partial charge in [-0.2, -0.15) is 0 Å². The summed E-state index contributed by atoms with van der Waals surface area (Å²) in [6.07, 6.45) is 0. The van der Waals surface area contributed by atoms with E-state index in [9.17, 15) is 4.79 Å². The molecule has 0 N–H and O–H groups in total. The van der Waals surface area contributed by atoms with Crippen molar-refractivity contribution in [2.24, 2.45) is 0 Å². The maximum absolute atomic E-state index is 10.7. The summed E-state index contributed by atoms with van der Waals surface area (Å²) in [6.45, 7) is 0. The topological polar surface area (TPSA) is 30.2 Å². The lowest BCUT2D eigenvalue weighted by atomic mass is 10.2. The maximum Gasteiger partial charge on any atom is 0.336 e. The van der Waals surface area contributed by atoms with E-state index in [0.29, 0.717) is 5.58 Å². The molecule has 0 spiro atoms. The van der Waals surface area contributed by atoms with E-state index in [2.05, 4.69) is 0 Å². The van der Waals surface area contributed by atoms with Crippen molar-refractivity contribution in [2.45, 2.75) is 0 Å². The van der Waals surface area contributed by atoms with Gasteiger partial charge in [0.25, 0.3) is 0 Å². The fourth-order valence-electron chi connectivity index (χ4n) is 1.01. The molecule has 3 heteroatoms. The van der Waals surface area contributed by atoms with Crippen LogP contribution in [-0.2, 0) is 0 Å². The van der Waals surface area contributed by atoms with Crippen molar-refractivity contribution in [1.29, 1.82) is 0 Å². The van der Waals surface area contributed by atoms with Crippen LogP contribution in [0.3, 0.4) is 0 Å². The summed E-state index contributed by atoms with van der Waals surface area (Å²) in [5.74, 6) is 0. The molecule has 0 amide bonds. The molecule has 0 aliphatic heterocycles. The molecule has 1 aromatic carbocycles. The van der Waals surface area contributed by atoms with Gasteiger partial charge in [0.1, 0.15) is 5.58 Å². The van der Waals surface area contributed by atoms with E-state index in [1.54, 1.807) is 12.1 Å². The van der Waals surface area contributed by atoms with E-state index < -0.39 is 0 Å². The maximum atomic E-state index is 10.7. The number of fused-ring (bicyclic) bond motifs is 1. The Morgan fingerprint density at radius 1 is 1.00 bits per heavy atom.